The minimum absolute atomic E-state index is 0.224. The number of fused-ring (bicyclic) bond motifs is 1. The van der Waals surface area contributed by atoms with Crippen molar-refractivity contribution in [2.75, 3.05) is 13.2 Å². The average molecular weight is 441 g/mol. The number of aromatic nitrogens is 3. The minimum Gasteiger partial charge on any atom is -0.481 e. The Balaban J connectivity index is 1.35. The van der Waals surface area contributed by atoms with Crippen LogP contribution in [0.5, 0.6) is 5.75 Å². The Bertz CT molecular complexity index is 1200. The molecule has 0 atom stereocenters. The second-order valence-electron chi connectivity index (χ2n) is 8.13. The van der Waals surface area contributed by atoms with Gasteiger partial charge in [0, 0.05) is 29.2 Å². The molecular formula is C27H28N4O2. The molecule has 0 radical (unpaired) electrons. The first kappa shape index (κ1) is 22.5. The topological polar surface area (TPSA) is 69.5 Å². The van der Waals surface area contributed by atoms with E-state index < -0.39 is 0 Å². The van der Waals surface area contributed by atoms with Crippen LogP contribution in [0.15, 0.2) is 47.6 Å². The molecule has 0 spiro atoms. The monoisotopic (exact) mass is 440 g/mol. The number of rotatable bonds is 8. The average Bonchev–Trinajstić information content (AvgIpc) is 2.82. The van der Waals surface area contributed by atoms with Crippen LogP contribution in [0.4, 0.5) is 0 Å². The fourth-order valence-electron chi connectivity index (χ4n) is 3.87. The summed E-state index contributed by atoms with van der Waals surface area (Å²) in [5.41, 5.74) is 7.63. The molecule has 0 bridgehead atoms. The van der Waals surface area contributed by atoms with E-state index in [1.807, 2.05) is 44.2 Å². The van der Waals surface area contributed by atoms with Gasteiger partial charge >= 0.3 is 0 Å². The Hall–Kier alpha value is -3.72. The second-order valence-corrected chi connectivity index (χ2v) is 8.13. The molecule has 4 rings (SSSR count). The predicted octanol–water partition coefficient (Wildman–Crippen LogP) is 4.86. The SMILES string of the molecule is C#CCOc1cc(C)nc(-c2cccc(CCCO/N=C3\CCCc4ccc(C)nc43)n2)c1. The summed E-state index contributed by atoms with van der Waals surface area (Å²) in [5, 5.41) is 4.40. The van der Waals surface area contributed by atoms with Crippen LogP contribution in [0, 0.1) is 26.2 Å². The van der Waals surface area contributed by atoms with Crippen molar-refractivity contribution < 1.29 is 9.57 Å². The van der Waals surface area contributed by atoms with Crippen molar-refractivity contribution in [1.82, 2.24) is 15.0 Å². The predicted molar refractivity (Wildman–Crippen MR) is 129 cm³/mol. The third-order valence-corrected chi connectivity index (χ3v) is 5.41. The smallest absolute Gasteiger partial charge is 0.148 e. The number of terminal acetylenes is 1. The third kappa shape index (κ3) is 5.95. The van der Waals surface area contributed by atoms with E-state index in [1.165, 1.54) is 5.56 Å². The Labute approximate surface area is 195 Å². The van der Waals surface area contributed by atoms with Crippen molar-refractivity contribution in [2.45, 2.75) is 46.0 Å². The van der Waals surface area contributed by atoms with Gasteiger partial charge < -0.3 is 9.57 Å². The van der Waals surface area contributed by atoms with Crippen molar-refractivity contribution in [3.05, 3.63) is 70.8 Å². The summed E-state index contributed by atoms with van der Waals surface area (Å²) >= 11 is 0. The fourth-order valence-corrected chi connectivity index (χ4v) is 3.87. The van der Waals surface area contributed by atoms with Crippen LogP contribution in [-0.4, -0.2) is 33.9 Å². The molecule has 3 heterocycles. The summed E-state index contributed by atoms with van der Waals surface area (Å²) in [5.74, 6) is 3.18. The van der Waals surface area contributed by atoms with Gasteiger partial charge in [-0.3, -0.25) is 15.0 Å². The normalized spacial score (nSPS) is 13.9. The molecule has 0 unspecified atom stereocenters. The lowest BCUT2D eigenvalue weighted by molar-refractivity contribution is 0.141. The lowest BCUT2D eigenvalue weighted by atomic mass is 9.94. The Kier molecular flexibility index (Phi) is 7.31. The van der Waals surface area contributed by atoms with Crippen molar-refractivity contribution in [3.8, 4) is 29.5 Å². The van der Waals surface area contributed by atoms with E-state index in [1.54, 1.807) is 0 Å². The Morgan fingerprint density at radius 1 is 1.00 bits per heavy atom. The first-order valence-electron chi connectivity index (χ1n) is 11.3. The van der Waals surface area contributed by atoms with Gasteiger partial charge in [0.2, 0.25) is 0 Å². The largest absolute Gasteiger partial charge is 0.481 e. The van der Waals surface area contributed by atoms with Crippen LogP contribution in [0.3, 0.4) is 0 Å². The number of nitrogens with zero attached hydrogens (tertiary/aromatic N) is 4. The maximum atomic E-state index is 5.65. The zero-order valence-corrected chi connectivity index (χ0v) is 19.2. The van der Waals surface area contributed by atoms with Gasteiger partial charge in [0.1, 0.15) is 24.7 Å². The number of ether oxygens (including phenoxy) is 1. The molecule has 3 aromatic heterocycles. The molecule has 0 amide bonds. The summed E-state index contributed by atoms with van der Waals surface area (Å²) in [7, 11) is 0. The van der Waals surface area contributed by atoms with Gasteiger partial charge in [-0.1, -0.05) is 23.2 Å². The van der Waals surface area contributed by atoms with E-state index in [0.29, 0.717) is 12.4 Å². The molecule has 33 heavy (non-hydrogen) atoms. The van der Waals surface area contributed by atoms with Crippen molar-refractivity contribution in [2.24, 2.45) is 5.16 Å². The summed E-state index contributed by atoms with van der Waals surface area (Å²) in [4.78, 5) is 19.7. The summed E-state index contributed by atoms with van der Waals surface area (Å²) in [6.07, 6.45) is 9.95. The molecule has 6 heteroatoms. The number of hydrogen-bond acceptors (Lipinski definition) is 6. The number of aryl methyl sites for hydroxylation is 4. The molecule has 0 saturated carbocycles. The zero-order valence-electron chi connectivity index (χ0n) is 19.2. The summed E-state index contributed by atoms with van der Waals surface area (Å²) in [6, 6.07) is 13.9. The van der Waals surface area contributed by atoms with Crippen LogP contribution >= 0.6 is 0 Å². The molecule has 168 valence electrons. The summed E-state index contributed by atoms with van der Waals surface area (Å²) < 4.78 is 5.56. The molecule has 1 aliphatic carbocycles. The van der Waals surface area contributed by atoms with E-state index in [0.717, 1.165) is 72.0 Å². The van der Waals surface area contributed by atoms with Gasteiger partial charge in [0.15, 0.2) is 0 Å². The zero-order chi connectivity index (χ0) is 23.0. The minimum atomic E-state index is 0.224. The Morgan fingerprint density at radius 2 is 1.91 bits per heavy atom. The van der Waals surface area contributed by atoms with E-state index in [-0.39, 0.29) is 6.61 Å². The highest BCUT2D eigenvalue weighted by Crippen LogP contribution is 2.23. The maximum absolute atomic E-state index is 5.65. The molecule has 0 fully saturated rings. The number of oxime groups is 1. The van der Waals surface area contributed by atoms with Crippen molar-refractivity contribution in [1.29, 1.82) is 0 Å². The Morgan fingerprint density at radius 3 is 2.79 bits per heavy atom. The van der Waals surface area contributed by atoms with E-state index in [4.69, 9.17) is 21.0 Å². The maximum Gasteiger partial charge on any atom is 0.148 e. The lowest BCUT2D eigenvalue weighted by Gasteiger charge is -2.16. The summed E-state index contributed by atoms with van der Waals surface area (Å²) in [6.45, 7) is 4.69. The quantitative estimate of drug-likeness (QED) is 0.284. The molecule has 6 nitrogen and oxygen atoms in total. The number of hydrogen-bond donors (Lipinski definition) is 0. The number of pyridine rings is 3. The first-order valence-corrected chi connectivity index (χ1v) is 11.3. The molecule has 3 aromatic rings. The molecule has 0 N–H and O–H groups in total. The van der Waals surface area contributed by atoms with E-state index >= 15 is 0 Å². The van der Waals surface area contributed by atoms with Gasteiger partial charge in [-0.2, -0.15) is 0 Å². The van der Waals surface area contributed by atoms with Crippen LogP contribution in [0.1, 0.15) is 47.6 Å². The van der Waals surface area contributed by atoms with Gasteiger partial charge in [-0.05, 0) is 69.7 Å². The fraction of sp³-hybridized carbons (Fsp3) is 0.333. The molecule has 0 aliphatic heterocycles. The van der Waals surface area contributed by atoms with Gasteiger partial charge in [0.05, 0.1) is 17.1 Å². The van der Waals surface area contributed by atoms with E-state index in [2.05, 4.69) is 33.2 Å². The van der Waals surface area contributed by atoms with Gasteiger partial charge in [-0.25, -0.2) is 0 Å². The molecule has 0 saturated heterocycles. The third-order valence-electron chi connectivity index (χ3n) is 5.41. The molecular weight excluding hydrogens is 412 g/mol. The highest BCUT2D eigenvalue weighted by Gasteiger charge is 2.17. The van der Waals surface area contributed by atoms with Crippen LogP contribution in [0.2, 0.25) is 0 Å². The van der Waals surface area contributed by atoms with Crippen LogP contribution < -0.4 is 4.74 Å². The highest BCUT2D eigenvalue weighted by atomic mass is 16.6. The van der Waals surface area contributed by atoms with E-state index in [9.17, 15) is 0 Å². The van der Waals surface area contributed by atoms with Crippen molar-refractivity contribution >= 4 is 5.71 Å². The van der Waals surface area contributed by atoms with Gasteiger partial charge in [0.25, 0.3) is 0 Å². The molecule has 1 aliphatic rings. The van der Waals surface area contributed by atoms with Crippen LogP contribution in [0.25, 0.3) is 11.4 Å². The standard InChI is InChI=1S/C27H28N4O2/c1-4-15-32-23-17-20(3)28-26(18-23)24-11-6-9-22(30-24)10-7-16-33-31-25-12-5-8-21-14-13-19(2)29-27(21)25/h1,6,9,11,13-14,17-18H,5,7-8,10,12,15-16H2,2-3H3/b31-25+. The van der Waals surface area contributed by atoms with Gasteiger partial charge in [-0.15, -0.1) is 6.42 Å². The lowest BCUT2D eigenvalue weighted by Crippen LogP contribution is -2.15. The highest BCUT2D eigenvalue weighted by molar-refractivity contribution is 6.00. The van der Waals surface area contributed by atoms with Crippen molar-refractivity contribution in [3.63, 3.8) is 0 Å². The first-order chi connectivity index (χ1) is 16.1. The van der Waals surface area contributed by atoms with Crippen LogP contribution in [-0.2, 0) is 17.7 Å². The molecule has 0 aromatic carbocycles. The second kappa shape index (κ2) is 10.7.